The third-order valence-electron chi connectivity index (χ3n) is 2.70. The van der Waals surface area contributed by atoms with Gasteiger partial charge in [0.25, 0.3) is 0 Å². The minimum atomic E-state index is 0.284. The predicted molar refractivity (Wildman–Crippen MR) is 55.0 cm³/mol. The molecule has 1 fully saturated rings. The summed E-state index contributed by atoms with van der Waals surface area (Å²) >= 11 is 0. The molecule has 0 aromatic heterocycles. The van der Waals surface area contributed by atoms with Gasteiger partial charge in [0.2, 0.25) is 5.91 Å². The molecule has 1 saturated heterocycles. The van der Waals surface area contributed by atoms with E-state index < -0.39 is 0 Å². The van der Waals surface area contributed by atoms with Crippen LogP contribution in [-0.2, 0) is 9.59 Å². The highest BCUT2D eigenvalue weighted by Crippen LogP contribution is 2.11. The lowest BCUT2D eigenvalue weighted by Crippen LogP contribution is -2.25. The number of Topliss-reactive ketones (excluding diaryl/α,β-unsaturated/α-hetero) is 1. The molecule has 3 nitrogen and oxygen atoms in total. The largest absolute Gasteiger partial charge is 0.343 e. The zero-order valence-corrected chi connectivity index (χ0v) is 8.92. The maximum Gasteiger partial charge on any atom is 0.222 e. The van der Waals surface area contributed by atoms with Gasteiger partial charge in [0, 0.05) is 32.4 Å². The smallest absolute Gasteiger partial charge is 0.222 e. The number of ketones is 1. The van der Waals surface area contributed by atoms with Crippen LogP contribution in [0.4, 0.5) is 0 Å². The maximum atomic E-state index is 11.2. The number of carbonyl (C=O) groups excluding carboxylic acids is 2. The fourth-order valence-electron chi connectivity index (χ4n) is 1.74. The first kappa shape index (κ1) is 11.2. The molecule has 0 radical (unpaired) electrons. The Labute approximate surface area is 85.5 Å². The van der Waals surface area contributed by atoms with Crippen molar-refractivity contribution < 1.29 is 9.59 Å². The maximum absolute atomic E-state index is 11.2. The minimum absolute atomic E-state index is 0.284. The Morgan fingerprint density at radius 1 is 1.43 bits per heavy atom. The zero-order chi connectivity index (χ0) is 10.4. The van der Waals surface area contributed by atoms with Crippen LogP contribution in [0.5, 0.6) is 0 Å². The number of nitrogens with zero attached hydrogens (tertiary/aromatic N) is 1. The van der Waals surface area contributed by atoms with Crippen LogP contribution in [0.15, 0.2) is 0 Å². The highest BCUT2D eigenvalue weighted by Gasteiger charge is 2.18. The van der Waals surface area contributed by atoms with Gasteiger partial charge in [-0.05, 0) is 19.3 Å². The van der Waals surface area contributed by atoms with E-state index in [0.717, 1.165) is 32.4 Å². The third-order valence-corrected chi connectivity index (χ3v) is 2.70. The van der Waals surface area contributed by atoms with Crippen molar-refractivity contribution in [3.05, 3.63) is 0 Å². The molecule has 0 spiro atoms. The summed E-state index contributed by atoms with van der Waals surface area (Å²) in [6.07, 6.45) is 4.94. The molecule has 0 N–H and O–H groups in total. The van der Waals surface area contributed by atoms with Crippen LogP contribution < -0.4 is 0 Å². The predicted octanol–water partition coefficient (Wildman–Crippen LogP) is 1.76. The van der Waals surface area contributed by atoms with Crippen LogP contribution in [0, 0.1) is 0 Å². The summed E-state index contributed by atoms with van der Waals surface area (Å²) in [4.78, 5) is 24.1. The van der Waals surface area contributed by atoms with Crippen molar-refractivity contribution in [3.63, 3.8) is 0 Å². The van der Waals surface area contributed by atoms with E-state index in [9.17, 15) is 9.59 Å². The lowest BCUT2D eigenvalue weighted by atomic mass is 10.1. The van der Waals surface area contributed by atoms with Gasteiger partial charge < -0.3 is 4.90 Å². The number of amides is 1. The van der Waals surface area contributed by atoms with Gasteiger partial charge in [-0.3, -0.25) is 9.59 Å². The molecule has 1 rings (SSSR count). The van der Waals surface area contributed by atoms with E-state index in [1.54, 1.807) is 0 Å². The normalized spacial score (nSPS) is 16.4. The Balaban J connectivity index is 2.03. The zero-order valence-electron chi connectivity index (χ0n) is 8.92. The topological polar surface area (TPSA) is 37.4 Å². The van der Waals surface area contributed by atoms with E-state index in [-0.39, 0.29) is 5.91 Å². The Morgan fingerprint density at radius 3 is 2.79 bits per heavy atom. The molecular weight excluding hydrogens is 178 g/mol. The van der Waals surface area contributed by atoms with Gasteiger partial charge in [-0.25, -0.2) is 0 Å². The summed E-state index contributed by atoms with van der Waals surface area (Å²) in [5, 5.41) is 0. The molecule has 0 aromatic rings. The van der Waals surface area contributed by atoms with Crippen molar-refractivity contribution in [2.45, 2.75) is 45.4 Å². The van der Waals surface area contributed by atoms with Gasteiger partial charge in [0.15, 0.2) is 0 Å². The standard InChI is InChI=1S/C11H19NO2/c1-2-10(13)6-3-4-8-12-9-5-7-11(12)14/h2-9H2,1H3. The van der Waals surface area contributed by atoms with Crippen LogP contribution in [0.3, 0.4) is 0 Å². The van der Waals surface area contributed by atoms with Crippen molar-refractivity contribution in [2.24, 2.45) is 0 Å². The summed E-state index contributed by atoms with van der Waals surface area (Å²) in [5.41, 5.74) is 0. The summed E-state index contributed by atoms with van der Waals surface area (Å²) in [7, 11) is 0. The molecule has 3 heteroatoms. The highest BCUT2D eigenvalue weighted by atomic mass is 16.2. The number of unbranched alkanes of at least 4 members (excludes halogenated alkanes) is 1. The van der Waals surface area contributed by atoms with Gasteiger partial charge in [0.05, 0.1) is 0 Å². The molecule has 1 aliphatic heterocycles. The van der Waals surface area contributed by atoms with E-state index in [4.69, 9.17) is 0 Å². The van der Waals surface area contributed by atoms with E-state index >= 15 is 0 Å². The number of rotatable bonds is 6. The monoisotopic (exact) mass is 197 g/mol. The lowest BCUT2D eigenvalue weighted by Gasteiger charge is -2.14. The summed E-state index contributed by atoms with van der Waals surface area (Å²) in [5.74, 6) is 0.615. The molecule has 0 aromatic carbocycles. The lowest BCUT2D eigenvalue weighted by molar-refractivity contribution is -0.127. The fraction of sp³-hybridized carbons (Fsp3) is 0.818. The van der Waals surface area contributed by atoms with Crippen molar-refractivity contribution in [3.8, 4) is 0 Å². The summed E-state index contributed by atoms with van der Waals surface area (Å²) < 4.78 is 0. The fourth-order valence-corrected chi connectivity index (χ4v) is 1.74. The molecule has 1 aliphatic rings. The van der Waals surface area contributed by atoms with Crippen LogP contribution in [0.25, 0.3) is 0 Å². The molecule has 0 atom stereocenters. The number of hydrogen-bond donors (Lipinski definition) is 0. The Bertz CT molecular complexity index is 213. The van der Waals surface area contributed by atoms with Gasteiger partial charge in [-0.1, -0.05) is 6.92 Å². The molecular formula is C11H19NO2. The van der Waals surface area contributed by atoms with Crippen molar-refractivity contribution in [1.29, 1.82) is 0 Å². The first-order valence-corrected chi connectivity index (χ1v) is 5.53. The number of carbonyl (C=O) groups is 2. The molecule has 0 unspecified atom stereocenters. The molecule has 1 amide bonds. The molecule has 1 heterocycles. The van der Waals surface area contributed by atoms with Crippen molar-refractivity contribution in [1.82, 2.24) is 4.90 Å². The average molecular weight is 197 g/mol. The summed E-state index contributed by atoms with van der Waals surface area (Å²) in [6, 6.07) is 0. The quantitative estimate of drug-likeness (QED) is 0.608. The van der Waals surface area contributed by atoms with Crippen LogP contribution in [-0.4, -0.2) is 29.7 Å². The molecule has 14 heavy (non-hydrogen) atoms. The van der Waals surface area contributed by atoms with E-state index in [0.29, 0.717) is 25.0 Å². The highest BCUT2D eigenvalue weighted by molar-refractivity contribution is 5.78. The molecule has 80 valence electrons. The van der Waals surface area contributed by atoms with Crippen LogP contribution in [0.1, 0.15) is 45.4 Å². The van der Waals surface area contributed by atoms with Crippen LogP contribution in [0.2, 0.25) is 0 Å². The van der Waals surface area contributed by atoms with Gasteiger partial charge in [-0.15, -0.1) is 0 Å². The van der Waals surface area contributed by atoms with E-state index in [1.165, 1.54) is 0 Å². The Kier molecular flexibility index (Phi) is 4.63. The molecule has 0 saturated carbocycles. The van der Waals surface area contributed by atoms with Gasteiger partial charge in [-0.2, -0.15) is 0 Å². The van der Waals surface area contributed by atoms with Crippen molar-refractivity contribution in [2.75, 3.05) is 13.1 Å². The van der Waals surface area contributed by atoms with E-state index in [2.05, 4.69) is 0 Å². The van der Waals surface area contributed by atoms with E-state index in [1.807, 2.05) is 11.8 Å². The number of hydrogen-bond acceptors (Lipinski definition) is 2. The molecule has 0 bridgehead atoms. The first-order valence-electron chi connectivity index (χ1n) is 5.53. The Morgan fingerprint density at radius 2 is 2.21 bits per heavy atom. The second kappa shape index (κ2) is 5.78. The second-order valence-corrected chi connectivity index (χ2v) is 3.83. The van der Waals surface area contributed by atoms with Gasteiger partial charge >= 0.3 is 0 Å². The summed E-state index contributed by atoms with van der Waals surface area (Å²) in [6.45, 7) is 3.66. The van der Waals surface area contributed by atoms with Crippen LogP contribution >= 0.6 is 0 Å². The SMILES string of the molecule is CCC(=O)CCCCN1CCCC1=O. The second-order valence-electron chi connectivity index (χ2n) is 3.83. The first-order chi connectivity index (χ1) is 6.74. The number of likely N-dealkylation sites (tertiary alicyclic amines) is 1. The average Bonchev–Trinajstić information content (AvgIpc) is 2.58. The minimum Gasteiger partial charge on any atom is -0.343 e. The van der Waals surface area contributed by atoms with Gasteiger partial charge in [0.1, 0.15) is 5.78 Å². The Hall–Kier alpha value is -0.860. The third kappa shape index (κ3) is 3.48. The van der Waals surface area contributed by atoms with Crippen molar-refractivity contribution >= 4 is 11.7 Å². The molecule has 0 aliphatic carbocycles.